The summed E-state index contributed by atoms with van der Waals surface area (Å²) >= 11 is 6.67. The Morgan fingerprint density at radius 3 is 2.61 bits per heavy atom. The molecule has 170 valence electrons. The Bertz CT molecular complexity index is 1230. The van der Waals surface area contributed by atoms with Crippen LogP contribution in [-0.2, 0) is 11.2 Å². The lowest BCUT2D eigenvalue weighted by Gasteiger charge is -2.46. The number of ether oxygens (including phenoxy) is 2. The number of hydrogen-bond acceptors (Lipinski definition) is 4. The Hall–Kier alpha value is -2.72. The highest BCUT2D eigenvalue weighted by molar-refractivity contribution is 6.31. The van der Waals surface area contributed by atoms with Crippen LogP contribution in [0, 0.1) is 5.41 Å². The van der Waals surface area contributed by atoms with Crippen molar-refractivity contribution in [1.29, 1.82) is 0 Å². The van der Waals surface area contributed by atoms with Crippen molar-refractivity contribution in [3.63, 3.8) is 0 Å². The van der Waals surface area contributed by atoms with Crippen LogP contribution in [0.15, 0.2) is 53.7 Å². The zero-order valence-corrected chi connectivity index (χ0v) is 19.9. The molecule has 1 atom stereocenters. The Balaban J connectivity index is 1.55. The molecule has 0 saturated heterocycles. The summed E-state index contributed by atoms with van der Waals surface area (Å²) in [5.41, 5.74) is 6.61. The Morgan fingerprint density at radius 2 is 1.82 bits per heavy atom. The average molecular weight is 462 g/mol. The molecule has 2 aromatic carbocycles. The second-order valence-corrected chi connectivity index (χ2v) is 10.7. The fraction of sp³-hybridized carbons (Fsp3) is 0.393. The topological polar surface area (TPSA) is 38.8 Å². The van der Waals surface area contributed by atoms with Crippen LogP contribution >= 0.6 is 11.6 Å². The summed E-state index contributed by atoms with van der Waals surface area (Å²) in [5.74, 6) is 1.74. The van der Waals surface area contributed by atoms with Crippen molar-refractivity contribution in [1.82, 2.24) is 4.90 Å². The van der Waals surface area contributed by atoms with Gasteiger partial charge in [0.25, 0.3) is 0 Å². The Morgan fingerprint density at radius 1 is 1.06 bits per heavy atom. The molecule has 3 aliphatic heterocycles. The van der Waals surface area contributed by atoms with Crippen molar-refractivity contribution in [3.05, 3.63) is 75.5 Å². The summed E-state index contributed by atoms with van der Waals surface area (Å²) in [5, 5.41) is 0.701. The third-order valence-corrected chi connectivity index (χ3v) is 7.59. The first-order valence-electron chi connectivity index (χ1n) is 11.8. The van der Waals surface area contributed by atoms with Gasteiger partial charge in [-0.25, -0.2) is 0 Å². The van der Waals surface area contributed by atoms with Gasteiger partial charge < -0.3 is 14.4 Å². The molecule has 4 aliphatic rings. The SMILES string of the molecule is CC1(C)CC(=O)C2=C(C1)N1CCc3cc4c(cc3C1=C[C@@H]2c1ccccc1Cl)OCCCO4. The fourth-order valence-corrected chi connectivity index (χ4v) is 6.02. The number of carbonyl (C=O) groups is 1. The second-order valence-electron chi connectivity index (χ2n) is 10.3. The number of hydrogen-bond donors (Lipinski definition) is 0. The van der Waals surface area contributed by atoms with E-state index < -0.39 is 0 Å². The number of Topliss-reactive ketones (excluding diaryl/α,β-unsaturated/α-hetero) is 1. The molecule has 2 aromatic rings. The number of fused-ring (bicyclic) bond motifs is 5. The highest BCUT2D eigenvalue weighted by Gasteiger charge is 2.43. The van der Waals surface area contributed by atoms with Gasteiger partial charge >= 0.3 is 0 Å². The lowest BCUT2D eigenvalue weighted by molar-refractivity contribution is -0.118. The van der Waals surface area contributed by atoms with E-state index in [-0.39, 0.29) is 17.1 Å². The van der Waals surface area contributed by atoms with E-state index in [1.807, 2.05) is 18.2 Å². The van der Waals surface area contributed by atoms with Crippen LogP contribution in [-0.4, -0.2) is 30.4 Å². The molecule has 33 heavy (non-hydrogen) atoms. The lowest BCUT2D eigenvalue weighted by Crippen LogP contribution is -2.40. The molecule has 3 heterocycles. The zero-order valence-electron chi connectivity index (χ0n) is 19.1. The number of benzene rings is 2. The van der Waals surface area contributed by atoms with E-state index in [1.165, 1.54) is 11.1 Å². The van der Waals surface area contributed by atoms with Crippen molar-refractivity contribution < 1.29 is 14.3 Å². The normalized spacial score (nSPS) is 23.2. The van der Waals surface area contributed by atoms with Gasteiger partial charge in [0.1, 0.15) is 0 Å². The predicted molar refractivity (Wildman–Crippen MR) is 130 cm³/mol. The largest absolute Gasteiger partial charge is 0.490 e. The standard InChI is InChI=1S/C28H28ClNO3/c1-28(2)15-23-27(24(31)16-28)20(18-6-3-4-7-21(18)29)13-22-19-14-26-25(32-10-5-11-33-26)12-17(19)8-9-30(22)23/h3-4,6-7,12-14,20H,5,8-11,15-16H2,1-2H3/t20-/m1/s1. The highest BCUT2D eigenvalue weighted by atomic mass is 35.5. The fourth-order valence-electron chi connectivity index (χ4n) is 5.76. The van der Waals surface area contributed by atoms with Gasteiger partial charge in [0.05, 0.1) is 13.2 Å². The van der Waals surface area contributed by atoms with E-state index in [1.54, 1.807) is 0 Å². The van der Waals surface area contributed by atoms with Crippen LogP contribution in [0.4, 0.5) is 0 Å². The third-order valence-electron chi connectivity index (χ3n) is 7.24. The molecular formula is C28H28ClNO3. The third kappa shape index (κ3) is 3.47. The van der Waals surface area contributed by atoms with E-state index in [4.69, 9.17) is 21.1 Å². The van der Waals surface area contributed by atoms with E-state index in [0.29, 0.717) is 24.7 Å². The minimum atomic E-state index is -0.148. The van der Waals surface area contributed by atoms with E-state index in [2.05, 4.69) is 43.0 Å². The summed E-state index contributed by atoms with van der Waals surface area (Å²) in [6.07, 6.45) is 5.49. The molecule has 6 rings (SSSR count). The maximum atomic E-state index is 13.5. The summed E-state index contributed by atoms with van der Waals surface area (Å²) < 4.78 is 12.0. The van der Waals surface area contributed by atoms with Gasteiger partial charge in [0.2, 0.25) is 0 Å². The van der Waals surface area contributed by atoms with Gasteiger partial charge in [0.15, 0.2) is 17.3 Å². The second kappa shape index (κ2) is 7.66. The average Bonchev–Trinajstić information content (AvgIpc) is 3.01. The molecule has 0 fully saturated rings. The van der Waals surface area contributed by atoms with Crippen molar-refractivity contribution >= 4 is 23.1 Å². The molecule has 0 unspecified atom stereocenters. The smallest absolute Gasteiger partial charge is 0.162 e. The van der Waals surface area contributed by atoms with E-state index in [0.717, 1.165) is 59.8 Å². The maximum absolute atomic E-state index is 13.5. The molecule has 0 N–H and O–H groups in total. The molecule has 1 aliphatic carbocycles. The molecule has 0 aromatic heterocycles. The van der Waals surface area contributed by atoms with Gasteiger partial charge in [0, 0.05) is 52.9 Å². The predicted octanol–water partition coefficient (Wildman–Crippen LogP) is 6.14. The highest BCUT2D eigenvalue weighted by Crippen LogP contribution is 2.52. The molecule has 0 spiro atoms. The number of nitrogens with zero attached hydrogens (tertiary/aromatic N) is 1. The first-order chi connectivity index (χ1) is 15.9. The van der Waals surface area contributed by atoms with Crippen molar-refractivity contribution in [3.8, 4) is 11.5 Å². The van der Waals surface area contributed by atoms with E-state index in [9.17, 15) is 4.79 Å². The van der Waals surface area contributed by atoms with Crippen LogP contribution in [0.5, 0.6) is 11.5 Å². The summed E-state index contributed by atoms with van der Waals surface area (Å²) in [7, 11) is 0. The molecular weight excluding hydrogens is 434 g/mol. The van der Waals surface area contributed by atoms with Gasteiger partial charge in [-0.3, -0.25) is 4.79 Å². The molecule has 0 amide bonds. The molecule has 0 radical (unpaired) electrons. The van der Waals surface area contributed by atoms with Crippen molar-refractivity contribution in [2.24, 2.45) is 5.41 Å². The van der Waals surface area contributed by atoms with Crippen LogP contribution in [0.2, 0.25) is 5.02 Å². The molecule has 5 heteroatoms. The number of allylic oxidation sites excluding steroid dienone is 3. The lowest BCUT2D eigenvalue weighted by atomic mass is 9.69. The minimum absolute atomic E-state index is 0.0611. The van der Waals surface area contributed by atoms with Crippen LogP contribution < -0.4 is 9.47 Å². The monoisotopic (exact) mass is 461 g/mol. The molecule has 0 saturated carbocycles. The summed E-state index contributed by atoms with van der Waals surface area (Å²) in [4.78, 5) is 15.9. The first kappa shape index (κ1) is 20.9. The minimum Gasteiger partial charge on any atom is -0.490 e. The summed E-state index contributed by atoms with van der Waals surface area (Å²) in [6.45, 7) is 6.59. The van der Waals surface area contributed by atoms with Crippen LogP contribution in [0.1, 0.15) is 55.7 Å². The molecule has 4 nitrogen and oxygen atoms in total. The quantitative estimate of drug-likeness (QED) is 0.511. The van der Waals surface area contributed by atoms with Gasteiger partial charge in [-0.15, -0.1) is 0 Å². The van der Waals surface area contributed by atoms with Gasteiger partial charge in [-0.1, -0.05) is 43.6 Å². The molecule has 0 bridgehead atoms. The van der Waals surface area contributed by atoms with Crippen molar-refractivity contribution in [2.45, 2.75) is 45.4 Å². The Kier molecular flexibility index (Phi) is 4.84. The van der Waals surface area contributed by atoms with Gasteiger partial charge in [-0.05, 0) is 53.7 Å². The van der Waals surface area contributed by atoms with Gasteiger partial charge in [-0.2, -0.15) is 0 Å². The van der Waals surface area contributed by atoms with E-state index >= 15 is 0 Å². The zero-order chi connectivity index (χ0) is 22.7. The van der Waals surface area contributed by atoms with Crippen molar-refractivity contribution in [2.75, 3.05) is 19.8 Å². The maximum Gasteiger partial charge on any atom is 0.162 e. The Labute approximate surface area is 199 Å². The summed E-state index contributed by atoms with van der Waals surface area (Å²) in [6, 6.07) is 12.2. The number of halogens is 1. The van der Waals surface area contributed by atoms with Crippen LogP contribution in [0.3, 0.4) is 0 Å². The number of ketones is 1. The number of rotatable bonds is 1. The van der Waals surface area contributed by atoms with Crippen LogP contribution in [0.25, 0.3) is 5.70 Å². The first-order valence-corrected chi connectivity index (χ1v) is 12.2. The number of carbonyl (C=O) groups excluding carboxylic acids is 1.